The van der Waals surface area contributed by atoms with Crippen LogP contribution in [0.4, 0.5) is 9.18 Å². The van der Waals surface area contributed by atoms with E-state index < -0.39 is 11.6 Å². The summed E-state index contributed by atoms with van der Waals surface area (Å²) in [6.07, 6.45) is 0.765. The molecule has 0 atom stereocenters. The molecule has 2 fully saturated rings. The number of urea groups is 1. The van der Waals surface area contributed by atoms with E-state index >= 15 is 0 Å². The number of nitrogens with zero attached hydrogens (tertiary/aromatic N) is 1. The van der Waals surface area contributed by atoms with Crippen LogP contribution >= 0.6 is 11.3 Å². The lowest BCUT2D eigenvalue weighted by Gasteiger charge is -2.36. The first-order valence-electron chi connectivity index (χ1n) is 8.25. The SMILES string of the molecule is O=C1NC(=O)C2(CCN(C(=O)c3sccc3-c3ccc(F)cc3)CC2)N1. The number of carbonyl (C=O) groups is 3. The Morgan fingerprint density at radius 3 is 2.42 bits per heavy atom. The van der Waals surface area contributed by atoms with Crippen molar-refractivity contribution >= 4 is 29.2 Å². The zero-order chi connectivity index (χ0) is 18.3. The third-order valence-corrected chi connectivity index (χ3v) is 5.84. The van der Waals surface area contributed by atoms with Gasteiger partial charge in [0.15, 0.2) is 0 Å². The Hall–Kier alpha value is -2.74. The Bertz CT molecular complexity index is 885. The lowest BCUT2D eigenvalue weighted by Crippen LogP contribution is -2.55. The molecule has 0 radical (unpaired) electrons. The molecule has 4 rings (SSSR count). The van der Waals surface area contributed by atoms with Gasteiger partial charge in [0.2, 0.25) is 0 Å². The van der Waals surface area contributed by atoms with Crippen LogP contribution in [-0.4, -0.2) is 41.4 Å². The van der Waals surface area contributed by atoms with Crippen molar-refractivity contribution < 1.29 is 18.8 Å². The molecule has 0 aliphatic carbocycles. The lowest BCUT2D eigenvalue weighted by atomic mass is 9.87. The maximum atomic E-state index is 13.1. The van der Waals surface area contributed by atoms with Gasteiger partial charge in [0.25, 0.3) is 11.8 Å². The van der Waals surface area contributed by atoms with Crippen LogP contribution in [0.5, 0.6) is 0 Å². The van der Waals surface area contributed by atoms with Crippen molar-refractivity contribution in [2.75, 3.05) is 13.1 Å². The number of benzene rings is 1. The smallest absolute Gasteiger partial charge is 0.322 e. The summed E-state index contributed by atoms with van der Waals surface area (Å²) in [7, 11) is 0. The summed E-state index contributed by atoms with van der Waals surface area (Å²) in [4.78, 5) is 38.6. The van der Waals surface area contributed by atoms with E-state index in [1.165, 1.54) is 23.5 Å². The zero-order valence-corrected chi connectivity index (χ0v) is 14.6. The molecule has 2 saturated heterocycles. The molecule has 2 aliphatic heterocycles. The van der Waals surface area contributed by atoms with Gasteiger partial charge in [0.05, 0.1) is 4.88 Å². The minimum Gasteiger partial charge on any atom is -0.338 e. The molecule has 0 saturated carbocycles. The third-order valence-electron chi connectivity index (χ3n) is 4.93. The Kier molecular flexibility index (Phi) is 3.99. The molecule has 26 heavy (non-hydrogen) atoms. The topological polar surface area (TPSA) is 78.5 Å². The van der Waals surface area contributed by atoms with Gasteiger partial charge in [-0.3, -0.25) is 14.9 Å². The summed E-state index contributed by atoms with van der Waals surface area (Å²) >= 11 is 1.34. The summed E-state index contributed by atoms with van der Waals surface area (Å²) in [6, 6.07) is 7.41. The monoisotopic (exact) mass is 373 g/mol. The van der Waals surface area contributed by atoms with Crippen molar-refractivity contribution in [3.05, 3.63) is 46.4 Å². The number of hydrogen-bond acceptors (Lipinski definition) is 4. The average Bonchev–Trinajstić information content (AvgIpc) is 3.21. The third kappa shape index (κ3) is 2.76. The molecule has 1 aromatic heterocycles. The van der Waals surface area contributed by atoms with Crippen LogP contribution in [0.1, 0.15) is 22.5 Å². The van der Waals surface area contributed by atoms with Gasteiger partial charge in [-0.05, 0) is 42.0 Å². The van der Waals surface area contributed by atoms with Gasteiger partial charge in [-0.25, -0.2) is 9.18 Å². The number of hydrogen-bond donors (Lipinski definition) is 2. The fourth-order valence-corrected chi connectivity index (χ4v) is 4.33. The molecule has 2 aliphatic rings. The number of imide groups is 1. The van der Waals surface area contributed by atoms with E-state index in [4.69, 9.17) is 0 Å². The molecule has 8 heteroatoms. The maximum Gasteiger partial charge on any atom is 0.322 e. The highest BCUT2D eigenvalue weighted by molar-refractivity contribution is 7.12. The summed E-state index contributed by atoms with van der Waals surface area (Å²) in [5, 5.41) is 6.78. The summed E-state index contributed by atoms with van der Waals surface area (Å²) in [5.74, 6) is -0.758. The molecular weight excluding hydrogens is 357 g/mol. The fourth-order valence-electron chi connectivity index (χ4n) is 3.45. The van der Waals surface area contributed by atoms with Crippen LogP contribution in [0.25, 0.3) is 11.1 Å². The first-order valence-corrected chi connectivity index (χ1v) is 9.13. The minimum absolute atomic E-state index is 0.112. The number of nitrogens with one attached hydrogen (secondary N) is 2. The van der Waals surface area contributed by atoms with Gasteiger partial charge in [-0.1, -0.05) is 12.1 Å². The number of carbonyl (C=O) groups excluding carboxylic acids is 3. The number of amides is 4. The van der Waals surface area contributed by atoms with Crippen LogP contribution in [-0.2, 0) is 4.79 Å². The Balaban J connectivity index is 1.52. The lowest BCUT2D eigenvalue weighted by molar-refractivity contribution is -0.125. The van der Waals surface area contributed by atoms with E-state index in [-0.39, 0.29) is 17.6 Å². The van der Waals surface area contributed by atoms with Crippen molar-refractivity contribution in [1.82, 2.24) is 15.5 Å². The van der Waals surface area contributed by atoms with Crippen molar-refractivity contribution in [2.24, 2.45) is 0 Å². The van der Waals surface area contributed by atoms with Gasteiger partial charge in [0.1, 0.15) is 11.4 Å². The van der Waals surface area contributed by atoms with E-state index in [2.05, 4.69) is 10.6 Å². The van der Waals surface area contributed by atoms with Crippen molar-refractivity contribution in [3.63, 3.8) is 0 Å². The average molecular weight is 373 g/mol. The molecule has 1 aromatic carbocycles. The molecule has 4 amide bonds. The maximum absolute atomic E-state index is 13.1. The van der Waals surface area contributed by atoms with E-state index in [1.54, 1.807) is 17.0 Å². The fraction of sp³-hybridized carbons (Fsp3) is 0.278. The number of likely N-dealkylation sites (tertiary alicyclic amines) is 1. The predicted octanol–water partition coefficient (Wildman–Crippen LogP) is 2.37. The van der Waals surface area contributed by atoms with E-state index in [0.717, 1.165) is 11.1 Å². The van der Waals surface area contributed by atoms with Gasteiger partial charge in [-0.2, -0.15) is 0 Å². The second-order valence-electron chi connectivity index (χ2n) is 6.45. The normalized spacial score (nSPS) is 18.7. The molecule has 2 N–H and O–H groups in total. The molecular formula is C18H16FN3O3S. The van der Waals surface area contributed by atoms with Crippen molar-refractivity contribution in [3.8, 4) is 11.1 Å². The first-order chi connectivity index (χ1) is 12.5. The molecule has 3 heterocycles. The van der Waals surface area contributed by atoms with Gasteiger partial charge >= 0.3 is 6.03 Å². The van der Waals surface area contributed by atoms with Crippen molar-refractivity contribution in [1.29, 1.82) is 0 Å². The van der Waals surface area contributed by atoms with Gasteiger partial charge < -0.3 is 10.2 Å². The highest BCUT2D eigenvalue weighted by Gasteiger charge is 2.48. The summed E-state index contributed by atoms with van der Waals surface area (Å²) in [6.45, 7) is 0.764. The van der Waals surface area contributed by atoms with Gasteiger partial charge in [0, 0.05) is 18.7 Å². The van der Waals surface area contributed by atoms with Crippen LogP contribution in [0.3, 0.4) is 0 Å². The number of rotatable bonds is 2. The number of thiophene rings is 1. The van der Waals surface area contributed by atoms with Crippen LogP contribution < -0.4 is 10.6 Å². The Morgan fingerprint density at radius 2 is 1.81 bits per heavy atom. The minimum atomic E-state index is -0.900. The van der Waals surface area contributed by atoms with E-state index in [0.29, 0.717) is 30.8 Å². The van der Waals surface area contributed by atoms with Crippen LogP contribution in [0.2, 0.25) is 0 Å². The van der Waals surface area contributed by atoms with E-state index in [1.807, 2.05) is 11.4 Å². The Labute approximate surface area is 153 Å². The van der Waals surface area contributed by atoms with Crippen LogP contribution in [0.15, 0.2) is 35.7 Å². The van der Waals surface area contributed by atoms with Crippen LogP contribution in [0, 0.1) is 5.82 Å². The zero-order valence-electron chi connectivity index (χ0n) is 13.8. The highest BCUT2D eigenvalue weighted by atomic mass is 32.1. The van der Waals surface area contributed by atoms with Gasteiger partial charge in [-0.15, -0.1) is 11.3 Å². The number of halogens is 1. The quantitative estimate of drug-likeness (QED) is 0.794. The molecule has 1 spiro atoms. The first kappa shape index (κ1) is 16.7. The highest BCUT2D eigenvalue weighted by Crippen LogP contribution is 2.32. The predicted molar refractivity (Wildman–Crippen MR) is 94.3 cm³/mol. The molecule has 2 aromatic rings. The second-order valence-corrected chi connectivity index (χ2v) is 7.37. The van der Waals surface area contributed by atoms with E-state index in [9.17, 15) is 18.8 Å². The standard InChI is InChI=1S/C18H16FN3O3S/c19-12-3-1-11(2-4-12)13-5-10-26-14(13)15(23)22-8-6-18(7-9-22)16(24)20-17(25)21-18/h1-5,10H,6-9H2,(H2,20,21,24,25). The molecule has 0 unspecified atom stereocenters. The molecule has 6 nitrogen and oxygen atoms in total. The van der Waals surface area contributed by atoms with Crippen molar-refractivity contribution in [2.45, 2.75) is 18.4 Å². The largest absolute Gasteiger partial charge is 0.338 e. The summed E-state index contributed by atoms with van der Waals surface area (Å²) in [5.41, 5.74) is 0.655. The number of piperidine rings is 1. The second kappa shape index (κ2) is 6.21. The Morgan fingerprint density at radius 1 is 1.12 bits per heavy atom. The summed E-state index contributed by atoms with van der Waals surface area (Å²) < 4.78 is 13.1. The molecule has 134 valence electrons. The molecule has 0 bridgehead atoms.